The van der Waals surface area contributed by atoms with E-state index in [9.17, 15) is 48.6 Å². The lowest BCUT2D eigenvalue weighted by Crippen LogP contribution is -2.61. The van der Waals surface area contributed by atoms with Gasteiger partial charge < -0.3 is 69.9 Å². The van der Waals surface area contributed by atoms with Crippen LogP contribution in [0, 0.1) is 5.92 Å². The van der Waals surface area contributed by atoms with Crippen molar-refractivity contribution in [3.8, 4) is 0 Å². The second-order valence-electron chi connectivity index (χ2n) is 16.1. The van der Waals surface area contributed by atoms with Crippen molar-refractivity contribution in [3.05, 3.63) is 0 Å². The summed E-state index contributed by atoms with van der Waals surface area (Å²) in [5, 5.41) is 35.4. The monoisotopic (exact) mass is 934 g/mol. The second kappa shape index (κ2) is 32.0. The Hall–Kier alpha value is -3.74. The fourth-order valence-corrected chi connectivity index (χ4v) is 7.60. The van der Waals surface area contributed by atoms with Gasteiger partial charge in [0.15, 0.2) is 0 Å². The van der Waals surface area contributed by atoms with Crippen LogP contribution in [-0.4, -0.2) is 161 Å². The van der Waals surface area contributed by atoms with Gasteiger partial charge in [0.2, 0.25) is 41.4 Å². The molecule has 0 spiro atoms. The highest BCUT2D eigenvalue weighted by Crippen LogP contribution is 2.21. The van der Waals surface area contributed by atoms with Crippen LogP contribution in [0.25, 0.3) is 0 Å². The van der Waals surface area contributed by atoms with Crippen molar-refractivity contribution in [1.82, 2.24) is 36.8 Å². The molecule has 0 aromatic carbocycles. The van der Waals surface area contributed by atoms with E-state index in [1.807, 2.05) is 20.1 Å². The summed E-state index contributed by atoms with van der Waals surface area (Å²) < 4.78 is 0. The van der Waals surface area contributed by atoms with E-state index < -0.39 is 102 Å². The van der Waals surface area contributed by atoms with E-state index in [0.717, 1.165) is 0 Å². The third-order valence-electron chi connectivity index (χ3n) is 10.5. The summed E-state index contributed by atoms with van der Waals surface area (Å²) in [6, 6.07) is -9.28. The van der Waals surface area contributed by atoms with Crippen LogP contribution in [0.4, 0.5) is 0 Å². The van der Waals surface area contributed by atoms with Gasteiger partial charge in [0.25, 0.3) is 0 Å². The predicted octanol–water partition coefficient (Wildman–Crippen LogP) is -2.59. The number of unbranched alkanes of at least 4 members (excludes halogenated alkanes) is 3. The number of aliphatic hydroxyl groups excluding tert-OH is 1. The van der Waals surface area contributed by atoms with Gasteiger partial charge in [0, 0.05) is 12.3 Å². The molecule has 1 aliphatic heterocycles. The van der Waals surface area contributed by atoms with Gasteiger partial charge in [0.05, 0.1) is 12.6 Å². The van der Waals surface area contributed by atoms with Gasteiger partial charge >= 0.3 is 5.97 Å². The smallest absolute Gasteiger partial charge is 0.326 e. The van der Waals surface area contributed by atoms with E-state index in [2.05, 4.69) is 44.5 Å². The van der Waals surface area contributed by atoms with Crippen molar-refractivity contribution in [3.63, 3.8) is 0 Å². The summed E-state index contributed by atoms with van der Waals surface area (Å²) in [5.74, 6) is -5.94. The molecule has 0 saturated carbocycles. The maximum Gasteiger partial charge on any atom is 0.326 e. The summed E-state index contributed by atoms with van der Waals surface area (Å²) in [6.07, 6.45) is 6.86. The molecular weight excluding hydrogens is 859 g/mol. The van der Waals surface area contributed by atoms with E-state index in [0.29, 0.717) is 83.2 Å². The summed E-state index contributed by atoms with van der Waals surface area (Å²) in [6.45, 7) is 4.11. The van der Waals surface area contributed by atoms with Gasteiger partial charge in [-0.05, 0) is 115 Å². The molecule has 362 valence electrons. The lowest BCUT2D eigenvalue weighted by molar-refractivity contribution is -0.145. The molecule has 0 aliphatic carbocycles. The molecule has 8 unspecified atom stereocenters. The second-order valence-corrected chi connectivity index (χ2v) is 17.5. The molecule has 63 heavy (non-hydrogen) atoms. The Morgan fingerprint density at radius 3 is 1.67 bits per heavy atom. The van der Waals surface area contributed by atoms with E-state index in [1.165, 1.54) is 16.7 Å². The molecule has 1 heterocycles. The maximum absolute atomic E-state index is 14.1. The minimum absolute atomic E-state index is 0.0775. The first-order valence-corrected chi connectivity index (χ1v) is 23.9. The number of likely N-dealkylation sites (tertiary alicyclic amines) is 1. The van der Waals surface area contributed by atoms with E-state index >= 15 is 0 Å². The lowest BCUT2D eigenvalue weighted by Gasteiger charge is -2.31. The van der Waals surface area contributed by atoms with Gasteiger partial charge in [-0.1, -0.05) is 20.3 Å². The molecule has 0 radical (unpaired) electrons. The Balaban J connectivity index is 3.17. The Labute approximate surface area is 381 Å². The van der Waals surface area contributed by atoms with Gasteiger partial charge in [-0.3, -0.25) is 33.6 Å². The SMILES string of the molecule is CSCCC(NC(=O)C(N)CCCCN)C(=O)NC(CS)C(=O)NC(CO)C(=O)NC(CCCCN)C(=O)NC(CC(C)C)C(=O)N1CCCC1C(=O)NC(CCCCN)C(=O)O. The van der Waals surface area contributed by atoms with E-state index in [-0.39, 0.29) is 43.9 Å². The third kappa shape index (κ3) is 21.2. The molecule has 1 saturated heterocycles. The number of nitrogens with one attached hydrogen (secondary N) is 6. The molecule has 8 atom stereocenters. The molecule has 0 aromatic rings. The highest BCUT2D eigenvalue weighted by Gasteiger charge is 2.40. The first-order valence-electron chi connectivity index (χ1n) is 21.9. The van der Waals surface area contributed by atoms with E-state index in [4.69, 9.17) is 22.9 Å². The van der Waals surface area contributed by atoms with Crippen molar-refractivity contribution in [2.75, 3.05) is 50.5 Å². The van der Waals surface area contributed by atoms with Crippen LogP contribution in [0.3, 0.4) is 0 Å². The number of aliphatic hydroxyl groups is 1. The number of hydrogen-bond acceptors (Lipinski definition) is 15. The molecule has 23 heteroatoms. The van der Waals surface area contributed by atoms with Gasteiger partial charge in [-0.25, -0.2) is 4.79 Å². The summed E-state index contributed by atoms with van der Waals surface area (Å²) in [5.41, 5.74) is 22.8. The minimum atomic E-state index is -1.58. The number of thiol groups is 1. The molecule has 16 N–H and O–H groups in total. The van der Waals surface area contributed by atoms with Crippen LogP contribution < -0.4 is 54.8 Å². The number of carbonyl (C=O) groups is 8. The number of rotatable bonds is 33. The molecular formula is C40H75N11O10S2. The topological polar surface area (TPSA) is 357 Å². The maximum atomic E-state index is 14.1. The number of carboxylic acids is 1. The zero-order valence-corrected chi connectivity index (χ0v) is 38.8. The van der Waals surface area contributed by atoms with E-state index in [1.54, 1.807) is 0 Å². The molecule has 1 fully saturated rings. The zero-order chi connectivity index (χ0) is 47.5. The molecule has 21 nitrogen and oxygen atoms in total. The fourth-order valence-electron chi connectivity index (χ4n) is 6.88. The van der Waals surface area contributed by atoms with Crippen molar-refractivity contribution in [1.29, 1.82) is 0 Å². The number of carbonyl (C=O) groups excluding carboxylic acids is 7. The minimum Gasteiger partial charge on any atom is -0.480 e. The van der Waals surface area contributed by atoms with Crippen LogP contribution in [0.15, 0.2) is 0 Å². The van der Waals surface area contributed by atoms with Crippen LogP contribution >= 0.6 is 24.4 Å². The van der Waals surface area contributed by atoms with Crippen LogP contribution in [0.1, 0.15) is 97.3 Å². The van der Waals surface area contributed by atoms with Gasteiger partial charge in [-0.2, -0.15) is 24.4 Å². The molecule has 7 amide bonds. The van der Waals surface area contributed by atoms with Crippen molar-refractivity contribution in [2.24, 2.45) is 28.9 Å². The summed E-state index contributed by atoms with van der Waals surface area (Å²) in [7, 11) is 0. The number of thioether (sulfide) groups is 1. The van der Waals surface area contributed by atoms with Crippen LogP contribution in [0.2, 0.25) is 0 Å². The zero-order valence-electron chi connectivity index (χ0n) is 37.1. The average molecular weight is 934 g/mol. The highest BCUT2D eigenvalue weighted by molar-refractivity contribution is 7.98. The first kappa shape index (κ1) is 57.3. The number of carboxylic acid groups (broad SMARTS) is 1. The van der Waals surface area contributed by atoms with Gasteiger partial charge in [0.1, 0.15) is 42.3 Å². The fraction of sp³-hybridized carbons (Fsp3) is 0.800. The van der Waals surface area contributed by atoms with Crippen LogP contribution in [0.5, 0.6) is 0 Å². The summed E-state index contributed by atoms with van der Waals surface area (Å²) >= 11 is 5.65. The number of hydrogen-bond donors (Lipinski definition) is 13. The predicted molar refractivity (Wildman–Crippen MR) is 244 cm³/mol. The Bertz CT molecular complexity index is 1470. The molecule has 1 rings (SSSR count). The normalized spacial score (nSPS) is 17.0. The van der Waals surface area contributed by atoms with Crippen molar-refractivity contribution >= 4 is 71.7 Å². The molecule has 0 bridgehead atoms. The highest BCUT2D eigenvalue weighted by atomic mass is 32.2. The number of aliphatic carboxylic acids is 1. The van der Waals surface area contributed by atoms with Crippen molar-refractivity contribution < 1.29 is 48.6 Å². The Kier molecular flexibility index (Phi) is 29.1. The lowest BCUT2D eigenvalue weighted by atomic mass is 10.0. The molecule has 0 aromatic heterocycles. The van der Waals surface area contributed by atoms with Crippen molar-refractivity contribution in [2.45, 2.75) is 146 Å². The Morgan fingerprint density at radius 1 is 0.667 bits per heavy atom. The molecule has 1 aliphatic rings. The number of nitrogens with zero attached hydrogens (tertiary/aromatic N) is 1. The largest absolute Gasteiger partial charge is 0.480 e. The first-order chi connectivity index (χ1) is 30.0. The standard InChI is InChI=1S/C40H75N11O10S2/c1-24(2)21-29(39(59)51-19-10-14-32(51)38(58)47-28(40(60)61)13-6-9-18-43)48-34(54)26(12-5-8-17-42)46-36(56)30(22-52)49-37(57)31(23-62)50-35(55)27(15-20-63-3)45-33(53)25(44)11-4-7-16-41/h24-32,52,62H,4-23,41-44H2,1-3H3,(H,45,53)(H,46,56)(H,47,58)(H,48,54)(H,49,57)(H,50,55)(H,60,61). The Morgan fingerprint density at radius 2 is 1.14 bits per heavy atom. The van der Waals surface area contributed by atoms with Gasteiger partial charge in [-0.15, -0.1) is 0 Å². The number of nitrogens with two attached hydrogens (primary N) is 4. The summed E-state index contributed by atoms with van der Waals surface area (Å²) in [4.78, 5) is 108. The average Bonchev–Trinajstić information content (AvgIpc) is 3.75. The third-order valence-corrected chi connectivity index (χ3v) is 11.5. The number of amides is 7. The quantitative estimate of drug-likeness (QED) is 0.0237. The van der Waals surface area contributed by atoms with Crippen LogP contribution in [-0.2, 0) is 38.4 Å².